The maximum absolute atomic E-state index is 13.4. The molecule has 5 nitrogen and oxygen atoms in total. The summed E-state index contributed by atoms with van der Waals surface area (Å²) in [5.74, 6) is -0.0879. The molecule has 1 aliphatic heterocycles. The van der Waals surface area contributed by atoms with E-state index in [9.17, 15) is 18.0 Å². The Balaban J connectivity index is 1.27. The molecule has 1 fully saturated rings. The first-order valence-electron chi connectivity index (χ1n) is 10.9. The van der Waals surface area contributed by atoms with Gasteiger partial charge < -0.3 is 15.1 Å². The Labute approximate surface area is 189 Å². The molecule has 1 aliphatic carbocycles. The first-order chi connectivity index (χ1) is 15.8. The molecule has 3 aromatic rings. The second kappa shape index (κ2) is 8.10. The largest absolute Gasteiger partial charge is 0.419 e. The highest BCUT2D eigenvalue weighted by atomic mass is 19.4. The molecule has 0 saturated carbocycles. The van der Waals surface area contributed by atoms with Crippen LogP contribution in [0.15, 0.2) is 60.8 Å². The van der Waals surface area contributed by atoms with Crippen molar-refractivity contribution < 1.29 is 18.0 Å². The van der Waals surface area contributed by atoms with E-state index in [0.29, 0.717) is 12.2 Å². The Morgan fingerprint density at radius 3 is 2.61 bits per heavy atom. The van der Waals surface area contributed by atoms with Crippen molar-refractivity contribution in [1.29, 1.82) is 0 Å². The molecular formula is C25H23F3N4O. The summed E-state index contributed by atoms with van der Waals surface area (Å²) in [5.41, 5.74) is 4.80. The van der Waals surface area contributed by atoms with Crippen LogP contribution in [0.5, 0.6) is 0 Å². The van der Waals surface area contributed by atoms with Crippen molar-refractivity contribution in [3.63, 3.8) is 0 Å². The zero-order valence-corrected chi connectivity index (χ0v) is 18.1. The van der Waals surface area contributed by atoms with Gasteiger partial charge in [0, 0.05) is 37.6 Å². The number of urea groups is 1. The number of carbonyl (C=O) groups excluding carboxylic acids is 1. The highest BCUT2D eigenvalue weighted by molar-refractivity contribution is 5.91. The molecule has 170 valence electrons. The number of aromatic nitrogens is 1. The lowest BCUT2D eigenvalue weighted by Crippen LogP contribution is -2.55. The Bertz CT molecular complexity index is 1210. The van der Waals surface area contributed by atoms with Crippen LogP contribution in [0.2, 0.25) is 0 Å². The monoisotopic (exact) mass is 452 g/mol. The van der Waals surface area contributed by atoms with Crippen LogP contribution in [0.3, 0.4) is 0 Å². The molecular weight excluding hydrogens is 429 g/mol. The van der Waals surface area contributed by atoms with Crippen molar-refractivity contribution in [2.75, 3.05) is 29.9 Å². The minimum Gasteiger partial charge on any atom is -0.352 e. The van der Waals surface area contributed by atoms with E-state index in [2.05, 4.69) is 22.4 Å². The predicted octanol–water partition coefficient (Wildman–Crippen LogP) is 5.41. The molecule has 1 aromatic heterocycles. The lowest BCUT2D eigenvalue weighted by atomic mass is 10.1. The molecule has 0 bridgehead atoms. The van der Waals surface area contributed by atoms with Gasteiger partial charge in [-0.05, 0) is 59.9 Å². The van der Waals surface area contributed by atoms with Gasteiger partial charge in [-0.2, -0.15) is 13.2 Å². The van der Waals surface area contributed by atoms with Gasteiger partial charge in [-0.3, -0.25) is 0 Å². The number of alkyl halides is 3. The smallest absolute Gasteiger partial charge is 0.352 e. The number of hydrogen-bond acceptors (Lipinski definition) is 3. The van der Waals surface area contributed by atoms with Crippen molar-refractivity contribution in [2.45, 2.75) is 25.6 Å². The van der Waals surface area contributed by atoms with Gasteiger partial charge in [0.1, 0.15) is 5.82 Å². The molecule has 1 unspecified atom stereocenters. The van der Waals surface area contributed by atoms with Gasteiger partial charge in [0.15, 0.2) is 0 Å². The highest BCUT2D eigenvalue weighted by Crippen LogP contribution is 2.38. The number of rotatable bonds is 2. The number of amides is 2. The summed E-state index contributed by atoms with van der Waals surface area (Å²) in [7, 11) is 0. The van der Waals surface area contributed by atoms with Gasteiger partial charge in [0.25, 0.3) is 0 Å². The van der Waals surface area contributed by atoms with E-state index in [4.69, 9.17) is 0 Å². The van der Waals surface area contributed by atoms with Gasteiger partial charge in [0.2, 0.25) is 0 Å². The van der Waals surface area contributed by atoms with Crippen LogP contribution in [0, 0.1) is 0 Å². The summed E-state index contributed by atoms with van der Waals surface area (Å²) < 4.78 is 40.2. The maximum Gasteiger partial charge on any atom is 0.419 e. The van der Waals surface area contributed by atoms with Gasteiger partial charge in [-0.25, -0.2) is 9.78 Å². The van der Waals surface area contributed by atoms with Crippen molar-refractivity contribution in [3.05, 3.63) is 77.5 Å². The molecule has 0 spiro atoms. The van der Waals surface area contributed by atoms with Crippen LogP contribution < -0.4 is 10.2 Å². The van der Waals surface area contributed by atoms with Gasteiger partial charge in [-0.15, -0.1) is 0 Å². The van der Waals surface area contributed by atoms with Crippen LogP contribution in [-0.4, -0.2) is 41.6 Å². The van der Waals surface area contributed by atoms with E-state index in [1.165, 1.54) is 34.5 Å². The number of anilines is 2. The van der Waals surface area contributed by atoms with Crippen molar-refractivity contribution >= 4 is 17.5 Å². The van der Waals surface area contributed by atoms with Crippen LogP contribution in [0.4, 0.5) is 29.5 Å². The molecule has 1 atom stereocenters. The van der Waals surface area contributed by atoms with Gasteiger partial charge in [-0.1, -0.05) is 30.3 Å². The Morgan fingerprint density at radius 2 is 1.82 bits per heavy atom. The maximum atomic E-state index is 13.4. The van der Waals surface area contributed by atoms with Crippen LogP contribution >= 0.6 is 0 Å². The number of pyridine rings is 1. The topological polar surface area (TPSA) is 48.5 Å². The molecule has 1 saturated heterocycles. The van der Waals surface area contributed by atoms with Crippen LogP contribution in [0.25, 0.3) is 11.1 Å². The minimum absolute atomic E-state index is 0.0879. The van der Waals surface area contributed by atoms with Crippen molar-refractivity contribution in [1.82, 2.24) is 9.88 Å². The average molecular weight is 452 g/mol. The molecule has 1 N–H and O–H groups in total. The van der Waals surface area contributed by atoms with Crippen molar-refractivity contribution in [3.8, 4) is 11.1 Å². The number of halogens is 3. The number of nitrogens with zero attached hydrogens (tertiary/aromatic N) is 3. The number of piperazine rings is 1. The molecule has 2 aromatic carbocycles. The van der Waals surface area contributed by atoms with E-state index in [1.54, 1.807) is 9.80 Å². The molecule has 33 heavy (non-hydrogen) atoms. The number of hydrogen-bond donors (Lipinski definition) is 1. The normalized spacial score (nSPS) is 17.5. The Hall–Kier alpha value is -3.55. The van der Waals surface area contributed by atoms with Crippen LogP contribution in [-0.2, 0) is 12.6 Å². The number of benzene rings is 2. The molecule has 8 heteroatoms. The highest BCUT2D eigenvalue weighted by Gasteiger charge is 2.37. The summed E-state index contributed by atoms with van der Waals surface area (Å²) in [6.45, 7) is 2.68. The van der Waals surface area contributed by atoms with Crippen LogP contribution in [0.1, 0.15) is 23.6 Å². The van der Waals surface area contributed by atoms with Gasteiger partial charge in [0.05, 0.1) is 5.56 Å². The molecule has 2 aliphatic rings. The second-order valence-electron chi connectivity index (χ2n) is 8.50. The number of nitrogens with one attached hydrogen (secondary N) is 1. The standard InChI is InChI=1S/C25H23F3N4O/c1-16-15-31(23-22(25(26,27)28)7-4-10-29-23)11-12-32(16)24(33)30-19-8-9-21-18(14-19)13-17-5-2-3-6-20(17)21/h2-10,14,16H,11-13,15H2,1H3,(H,30,33). The summed E-state index contributed by atoms with van der Waals surface area (Å²) in [6, 6.07) is 16.0. The predicted molar refractivity (Wildman–Crippen MR) is 121 cm³/mol. The fourth-order valence-corrected chi connectivity index (χ4v) is 4.74. The Morgan fingerprint density at radius 1 is 1.03 bits per heavy atom. The summed E-state index contributed by atoms with van der Waals surface area (Å²) >= 11 is 0. The number of fused-ring (bicyclic) bond motifs is 3. The molecule has 0 radical (unpaired) electrons. The van der Waals surface area contributed by atoms with E-state index < -0.39 is 11.7 Å². The molecule has 2 heterocycles. The first kappa shape index (κ1) is 21.3. The average Bonchev–Trinajstić information content (AvgIpc) is 3.16. The van der Waals surface area contributed by atoms with E-state index in [1.807, 2.05) is 37.3 Å². The second-order valence-corrected chi connectivity index (χ2v) is 8.50. The third-order valence-corrected chi connectivity index (χ3v) is 6.32. The Kier molecular flexibility index (Phi) is 5.23. The van der Waals surface area contributed by atoms with E-state index >= 15 is 0 Å². The minimum atomic E-state index is -4.48. The zero-order valence-electron chi connectivity index (χ0n) is 18.1. The summed E-state index contributed by atoms with van der Waals surface area (Å²) in [5, 5.41) is 2.96. The lowest BCUT2D eigenvalue weighted by molar-refractivity contribution is -0.137. The quantitative estimate of drug-likeness (QED) is 0.442. The fraction of sp³-hybridized carbons (Fsp3) is 0.280. The van der Waals surface area contributed by atoms with Crippen molar-refractivity contribution in [2.24, 2.45) is 0 Å². The SMILES string of the molecule is CC1CN(c2ncccc2C(F)(F)F)CCN1C(=O)Nc1ccc2c(c1)Cc1ccccc1-2. The molecule has 5 rings (SSSR count). The summed E-state index contributed by atoms with van der Waals surface area (Å²) in [4.78, 5) is 20.2. The lowest BCUT2D eigenvalue weighted by Gasteiger charge is -2.40. The summed E-state index contributed by atoms with van der Waals surface area (Å²) in [6.07, 6.45) is -2.29. The third-order valence-electron chi connectivity index (χ3n) is 6.32. The zero-order chi connectivity index (χ0) is 23.2. The third kappa shape index (κ3) is 4.01. The number of carbonyl (C=O) groups is 1. The van der Waals surface area contributed by atoms with E-state index in [-0.39, 0.29) is 31.0 Å². The fourth-order valence-electron chi connectivity index (χ4n) is 4.74. The van der Waals surface area contributed by atoms with E-state index in [0.717, 1.165) is 12.5 Å². The first-order valence-corrected chi connectivity index (χ1v) is 10.9. The molecule has 2 amide bonds. The van der Waals surface area contributed by atoms with Gasteiger partial charge >= 0.3 is 12.2 Å².